The number of aromatic amines is 1. The molecular weight excluding hydrogens is 390 g/mol. The van der Waals surface area contributed by atoms with E-state index in [9.17, 15) is 9.59 Å². The maximum atomic E-state index is 12.8. The van der Waals surface area contributed by atoms with Gasteiger partial charge in [0, 0.05) is 49.2 Å². The lowest BCUT2D eigenvalue weighted by atomic mass is 10.1. The first-order valence-corrected chi connectivity index (χ1v) is 9.75. The molecule has 148 valence electrons. The minimum Gasteiger partial charge on any atom is -0.339 e. The van der Waals surface area contributed by atoms with Crippen LogP contribution in [0, 0.1) is 0 Å². The Morgan fingerprint density at radius 3 is 2.31 bits per heavy atom. The first-order chi connectivity index (χ1) is 14.1. The Balaban J connectivity index is 1.33. The minimum absolute atomic E-state index is 0.0564. The summed E-state index contributed by atoms with van der Waals surface area (Å²) in [6.45, 7) is 2.02. The fraction of sp³-hybridized carbons (Fsp3) is 0.238. The zero-order valence-corrected chi connectivity index (χ0v) is 16.5. The molecule has 1 aliphatic heterocycles. The van der Waals surface area contributed by atoms with Crippen LogP contribution in [0.4, 0.5) is 0 Å². The van der Waals surface area contributed by atoms with Gasteiger partial charge in [-0.05, 0) is 35.9 Å². The van der Waals surface area contributed by atoms with E-state index in [0.29, 0.717) is 49.0 Å². The average molecular weight is 410 g/mol. The standard InChI is InChI=1S/C21H20ClN5O2/c22-17-3-1-15(2-4-17)13-20(28)26-9-11-27(12-10-26)21(29)19-14-18(24-25-19)16-5-7-23-8-6-16/h1-8,14H,9-13H2,(H,24,25). The van der Waals surface area contributed by atoms with Crippen LogP contribution in [-0.4, -0.2) is 63.0 Å². The molecule has 1 aliphatic rings. The predicted octanol–water partition coefficient (Wildman–Crippen LogP) is 2.65. The lowest BCUT2D eigenvalue weighted by Gasteiger charge is -2.34. The average Bonchev–Trinajstić information content (AvgIpc) is 3.26. The summed E-state index contributed by atoms with van der Waals surface area (Å²) in [5, 5.41) is 7.70. The number of H-pyrrole nitrogens is 1. The molecule has 3 aromatic rings. The summed E-state index contributed by atoms with van der Waals surface area (Å²) in [6.07, 6.45) is 3.71. The summed E-state index contributed by atoms with van der Waals surface area (Å²) in [5.41, 5.74) is 2.97. The van der Waals surface area contributed by atoms with Crippen molar-refractivity contribution in [1.82, 2.24) is 25.0 Å². The molecule has 0 aliphatic carbocycles. The van der Waals surface area contributed by atoms with Crippen LogP contribution in [0.1, 0.15) is 16.1 Å². The zero-order valence-electron chi connectivity index (χ0n) is 15.7. The van der Waals surface area contributed by atoms with Gasteiger partial charge >= 0.3 is 0 Å². The third-order valence-corrected chi connectivity index (χ3v) is 5.22. The van der Waals surface area contributed by atoms with Crippen LogP contribution in [0.3, 0.4) is 0 Å². The molecular formula is C21H20ClN5O2. The van der Waals surface area contributed by atoms with Gasteiger partial charge in [0.05, 0.1) is 12.1 Å². The number of rotatable bonds is 4. The first-order valence-electron chi connectivity index (χ1n) is 9.37. The topological polar surface area (TPSA) is 82.2 Å². The molecule has 1 fully saturated rings. The van der Waals surface area contributed by atoms with Gasteiger partial charge < -0.3 is 9.80 Å². The van der Waals surface area contributed by atoms with Crippen molar-refractivity contribution in [3.63, 3.8) is 0 Å². The van der Waals surface area contributed by atoms with E-state index >= 15 is 0 Å². The van der Waals surface area contributed by atoms with Crippen LogP contribution < -0.4 is 0 Å². The molecule has 1 N–H and O–H groups in total. The van der Waals surface area contributed by atoms with E-state index in [-0.39, 0.29) is 11.8 Å². The first kappa shape index (κ1) is 19.1. The lowest BCUT2D eigenvalue weighted by molar-refractivity contribution is -0.131. The number of carbonyl (C=O) groups is 2. The zero-order chi connectivity index (χ0) is 20.2. The number of amides is 2. The van der Waals surface area contributed by atoms with Crippen molar-refractivity contribution < 1.29 is 9.59 Å². The SMILES string of the molecule is O=C(Cc1ccc(Cl)cc1)N1CCN(C(=O)c2cc(-c3ccncc3)n[nH]2)CC1. The predicted molar refractivity (Wildman–Crippen MR) is 109 cm³/mol. The number of halogens is 1. The molecule has 0 saturated carbocycles. The highest BCUT2D eigenvalue weighted by Gasteiger charge is 2.26. The third-order valence-electron chi connectivity index (χ3n) is 4.97. The fourth-order valence-corrected chi connectivity index (χ4v) is 3.45. The summed E-state index contributed by atoms with van der Waals surface area (Å²) in [6, 6.07) is 12.7. The number of benzene rings is 1. The van der Waals surface area contributed by atoms with Crippen molar-refractivity contribution in [3.8, 4) is 11.3 Å². The van der Waals surface area contributed by atoms with E-state index in [1.807, 2.05) is 24.3 Å². The third kappa shape index (κ3) is 4.46. The van der Waals surface area contributed by atoms with Crippen LogP contribution in [0.2, 0.25) is 5.02 Å². The van der Waals surface area contributed by atoms with Gasteiger partial charge in [-0.15, -0.1) is 0 Å². The van der Waals surface area contributed by atoms with E-state index in [2.05, 4.69) is 15.2 Å². The van der Waals surface area contributed by atoms with Crippen molar-refractivity contribution >= 4 is 23.4 Å². The van der Waals surface area contributed by atoms with Gasteiger partial charge in [-0.3, -0.25) is 19.7 Å². The molecule has 1 saturated heterocycles. The van der Waals surface area contributed by atoms with Gasteiger partial charge in [-0.25, -0.2) is 0 Å². The fourth-order valence-electron chi connectivity index (χ4n) is 3.32. The summed E-state index contributed by atoms with van der Waals surface area (Å²) in [4.78, 5) is 32.8. The van der Waals surface area contributed by atoms with Crippen molar-refractivity contribution in [2.24, 2.45) is 0 Å². The Kier molecular flexibility index (Phi) is 5.57. The molecule has 29 heavy (non-hydrogen) atoms. The van der Waals surface area contributed by atoms with Gasteiger partial charge in [0.1, 0.15) is 5.69 Å². The maximum absolute atomic E-state index is 12.8. The second-order valence-corrected chi connectivity index (χ2v) is 7.32. The summed E-state index contributed by atoms with van der Waals surface area (Å²) in [7, 11) is 0. The van der Waals surface area contributed by atoms with E-state index in [1.54, 1.807) is 40.4 Å². The van der Waals surface area contributed by atoms with Crippen LogP contribution in [0.15, 0.2) is 54.9 Å². The van der Waals surface area contributed by atoms with Gasteiger partial charge in [-0.1, -0.05) is 23.7 Å². The number of hydrogen-bond donors (Lipinski definition) is 1. The number of nitrogens with zero attached hydrogens (tertiary/aromatic N) is 4. The molecule has 0 bridgehead atoms. The van der Waals surface area contributed by atoms with Gasteiger partial charge in [-0.2, -0.15) is 5.10 Å². The molecule has 2 amide bonds. The second kappa shape index (κ2) is 8.45. The van der Waals surface area contributed by atoms with Crippen LogP contribution in [0.5, 0.6) is 0 Å². The van der Waals surface area contributed by atoms with Gasteiger partial charge in [0.2, 0.25) is 5.91 Å². The molecule has 8 heteroatoms. The number of piperazine rings is 1. The van der Waals surface area contributed by atoms with Crippen LogP contribution in [-0.2, 0) is 11.2 Å². The Morgan fingerprint density at radius 1 is 0.966 bits per heavy atom. The Bertz CT molecular complexity index is 995. The van der Waals surface area contributed by atoms with E-state index < -0.39 is 0 Å². The Morgan fingerprint density at radius 2 is 1.62 bits per heavy atom. The molecule has 0 radical (unpaired) electrons. The highest BCUT2D eigenvalue weighted by atomic mass is 35.5. The van der Waals surface area contributed by atoms with Crippen LogP contribution >= 0.6 is 11.6 Å². The highest BCUT2D eigenvalue weighted by molar-refractivity contribution is 6.30. The smallest absolute Gasteiger partial charge is 0.272 e. The molecule has 4 rings (SSSR count). The highest BCUT2D eigenvalue weighted by Crippen LogP contribution is 2.18. The number of pyridine rings is 1. The molecule has 0 atom stereocenters. The van der Waals surface area contributed by atoms with E-state index in [1.165, 1.54) is 0 Å². The van der Waals surface area contributed by atoms with Crippen molar-refractivity contribution in [3.05, 3.63) is 71.1 Å². The Hall–Kier alpha value is -3.19. The number of nitrogens with one attached hydrogen (secondary N) is 1. The number of hydrogen-bond acceptors (Lipinski definition) is 4. The summed E-state index contributed by atoms with van der Waals surface area (Å²) in [5.74, 6) is -0.0523. The molecule has 1 aromatic carbocycles. The lowest BCUT2D eigenvalue weighted by Crippen LogP contribution is -2.51. The monoisotopic (exact) mass is 409 g/mol. The van der Waals surface area contributed by atoms with Gasteiger partial charge in [0.25, 0.3) is 5.91 Å². The minimum atomic E-state index is -0.109. The summed E-state index contributed by atoms with van der Waals surface area (Å²) < 4.78 is 0. The molecule has 3 heterocycles. The molecule has 0 unspecified atom stereocenters. The largest absolute Gasteiger partial charge is 0.339 e. The van der Waals surface area contributed by atoms with Crippen molar-refractivity contribution in [2.45, 2.75) is 6.42 Å². The number of carbonyl (C=O) groups excluding carboxylic acids is 2. The van der Waals surface area contributed by atoms with E-state index in [4.69, 9.17) is 11.6 Å². The normalized spacial score (nSPS) is 14.1. The maximum Gasteiger partial charge on any atom is 0.272 e. The molecule has 2 aromatic heterocycles. The van der Waals surface area contributed by atoms with Gasteiger partial charge in [0.15, 0.2) is 0 Å². The Labute approximate surface area is 173 Å². The number of aromatic nitrogens is 3. The van der Waals surface area contributed by atoms with Crippen molar-refractivity contribution in [2.75, 3.05) is 26.2 Å². The molecule has 7 nitrogen and oxygen atoms in total. The summed E-state index contributed by atoms with van der Waals surface area (Å²) >= 11 is 5.89. The van der Waals surface area contributed by atoms with Crippen molar-refractivity contribution in [1.29, 1.82) is 0 Å². The second-order valence-electron chi connectivity index (χ2n) is 6.88. The quantitative estimate of drug-likeness (QED) is 0.718. The van der Waals surface area contributed by atoms with Crippen LogP contribution in [0.25, 0.3) is 11.3 Å². The molecule has 0 spiro atoms. The van der Waals surface area contributed by atoms with E-state index in [0.717, 1.165) is 11.1 Å².